The fraction of sp³-hybridized carbons (Fsp3) is 0.0769. The number of hydrogen-bond donors (Lipinski definition) is 3. The van der Waals surface area contributed by atoms with Gasteiger partial charge in [0.1, 0.15) is 0 Å². The Bertz CT molecular complexity index is 524. The molecule has 0 bridgehead atoms. The minimum absolute atomic E-state index is 0.114. The van der Waals surface area contributed by atoms with E-state index in [4.69, 9.17) is 17.2 Å². The summed E-state index contributed by atoms with van der Waals surface area (Å²) in [4.78, 5) is 0. The quantitative estimate of drug-likeness (QED) is 0.582. The molecule has 80 valence electrons. The molecular weight excluding hydrogens is 198 g/mol. The summed E-state index contributed by atoms with van der Waals surface area (Å²) in [6.07, 6.45) is 0. The van der Waals surface area contributed by atoms with Gasteiger partial charge in [-0.05, 0) is 46.5 Å². The zero-order valence-corrected chi connectivity index (χ0v) is 8.77. The highest BCUT2D eigenvalue weighted by Gasteiger charge is 2.25. The van der Waals surface area contributed by atoms with Gasteiger partial charge >= 0.3 is 0 Å². The summed E-state index contributed by atoms with van der Waals surface area (Å²) < 4.78 is 0. The van der Waals surface area contributed by atoms with Gasteiger partial charge in [0, 0.05) is 11.4 Å². The lowest BCUT2D eigenvalue weighted by atomic mass is 10.1. The number of anilines is 2. The van der Waals surface area contributed by atoms with Crippen LogP contribution in [0.25, 0.3) is 11.1 Å². The maximum absolute atomic E-state index is 6.18. The fourth-order valence-electron chi connectivity index (χ4n) is 2.34. The lowest BCUT2D eigenvalue weighted by Gasteiger charge is -2.07. The molecule has 0 aromatic heterocycles. The zero-order chi connectivity index (χ0) is 11.3. The van der Waals surface area contributed by atoms with Crippen LogP contribution in [0.5, 0.6) is 0 Å². The van der Waals surface area contributed by atoms with E-state index in [0.29, 0.717) is 0 Å². The normalized spacial score (nSPS) is 13.6. The minimum Gasteiger partial charge on any atom is -0.399 e. The third-order valence-corrected chi connectivity index (χ3v) is 3.11. The summed E-state index contributed by atoms with van der Waals surface area (Å²) in [7, 11) is 0. The van der Waals surface area contributed by atoms with Crippen molar-refractivity contribution < 1.29 is 0 Å². The molecule has 0 fully saturated rings. The fourth-order valence-corrected chi connectivity index (χ4v) is 2.34. The minimum atomic E-state index is -0.114. The first-order valence-corrected chi connectivity index (χ1v) is 5.21. The van der Waals surface area contributed by atoms with Gasteiger partial charge in [-0.1, -0.05) is 12.1 Å². The topological polar surface area (TPSA) is 78.1 Å². The molecule has 6 N–H and O–H groups in total. The Morgan fingerprint density at radius 1 is 0.750 bits per heavy atom. The second-order valence-corrected chi connectivity index (χ2v) is 4.17. The van der Waals surface area contributed by atoms with Crippen LogP contribution < -0.4 is 17.2 Å². The van der Waals surface area contributed by atoms with Crippen LogP contribution in [-0.4, -0.2) is 0 Å². The molecule has 0 spiro atoms. The molecule has 3 nitrogen and oxygen atoms in total. The van der Waals surface area contributed by atoms with Crippen LogP contribution in [0.2, 0.25) is 0 Å². The van der Waals surface area contributed by atoms with Crippen molar-refractivity contribution in [3.63, 3.8) is 0 Å². The van der Waals surface area contributed by atoms with Gasteiger partial charge in [0.25, 0.3) is 0 Å². The lowest BCUT2D eigenvalue weighted by molar-refractivity contribution is 0.902. The molecule has 0 saturated heterocycles. The number of benzene rings is 2. The van der Waals surface area contributed by atoms with Crippen LogP contribution in [-0.2, 0) is 0 Å². The van der Waals surface area contributed by atoms with E-state index in [-0.39, 0.29) is 6.04 Å². The van der Waals surface area contributed by atoms with E-state index < -0.39 is 0 Å². The van der Waals surface area contributed by atoms with Crippen LogP contribution in [0.3, 0.4) is 0 Å². The predicted octanol–water partition coefficient (Wildman–Crippen LogP) is 1.88. The summed E-state index contributed by atoms with van der Waals surface area (Å²) in [5.41, 5.74) is 23.7. The average Bonchev–Trinajstić information content (AvgIpc) is 2.53. The molecule has 0 atom stereocenters. The summed E-state index contributed by atoms with van der Waals surface area (Å²) in [6, 6.07) is 11.6. The number of nitrogen functional groups attached to an aromatic ring is 2. The molecule has 1 aliphatic carbocycles. The number of rotatable bonds is 0. The van der Waals surface area contributed by atoms with Gasteiger partial charge in [-0.3, -0.25) is 0 Å². The van der Waals surface area contributed by atoms with E-state index in [9.17, 15) is 0 Å². The lowest BCUT2D eigenvalue weighted by Crippen LogP contribution is -2.08. The van der Waals surface area contributed by atoms with Crippen molar-refractivity contribution in [2.24, 2.45) is 5.73 Å². The summed E-state index contributed by atoms with van der Waals surface area (Å²) >= 11 is 0. The van der Waals surface area contributed by atoms with Crippen LogP contribution >= 0.6 is 0 Å². The third-order valence-electron chi connectivity index (χ3n) is 3.11. The Labute approximate surface area is 93.9 Å². The molecule has 0 unspecified atom stereocenters. The zero-order valence-electron chi connectivity index (χ0n) is 8.77. The molecule has 3 heteroatoms. The van der Waals surface area contributed by atoms with Gasteiger partial charge < -0.3 is 17.2 Å². The smallest absolute Gasteiger partial charge is 0.0565 e. The summed E-state index contributed by atoms with van der Waals surface area (Å²) in [6.45, 7) is 0. The summed E-state index contributed by atoms with van der Waals surface area (Å²) in [5.74, 6) is 0. The van der Waals surface area contributed by atoms with Crippen molar-refractivity contribution in [2.45, 2.75) is 6.04 Å². The van der Waals surface area contributed by atoms with Crippen molar-refractivity contribution >= 4 is 11.4 Å². The Morgan fingerprint density at radius 3 is 1.62 bits per heavy atom. The van der Waals surface area contributed by atoms with Gasteiger partial charge in [-0.15, -0.1) is 0 Å². The molecule has 1 aliphatic rings. The van der Waals surface area contributed by atoms with E-state index in [1.807, 2.05) is 36.4 Å². The first kappa shape index (κ1) is 9.24. The third kappa shape index (κ3) is 1.12. The molecule has 2 aromatic carbocycles. The Balaban J connectivity index is 2.30. The van der Waals surface area contributed by atoms with Crippen LogP contribution in [0.4, 0.5) is 11.4 Å². The van der Waals surface area contributed by atoms with E-state index >= 15 is 0 Å². The molecule has 0 heterocycles. The molecule has 0 amide bonds. The number of hydrogen-bond acceptors (Lipinski definition) is 3. The Hall–Kier alpha value is -2.00. The standard InChI is InChI=1S/C13H13N3/c14-7-1-3-9-10-4-2-8(15)6-12(10)13(16)11(9)5-7/h1-6,13H,14-16H2. The highest BCUT2D eigenvalue weighted by atomic mass is 14.7. The molecule has 16 heavy (non-hydrogen) atoms. The van der Waals surface area contributed by atoms with Crippen molar-refractivity contribution in [1.29, 1.82) is 0 Å². The van der Waals surface area contributed by atoms with E-state index in [1.54, 1.807) is 0 Å². The molecular formula is C13H13N3. The first-order valence-electron chi connectivity index (χ1n) is 5.21. The second kappa shape index (κ2) is 3.00. The van der Waals surface area contributed by atoms with E-state index in [2.05, 4.69) is 0 Å². The van der Waals surface area contributed by atoms with Gasteiger partial charge in [-0.2, -0.15) is 0 Å². The van der Waals surface area contributed by atoms with Crippen molar-refractivity contribution in [1.82, 2.24) is 0 Å². The highest BCUT2D eigenvalue weighted by Crippen LogP contribution is 2.43. The molecule has 2 aromatic rings. The van der Waals surface area contributed by atoms with E-state index in [1.165, 1.54) is 0 Å². The number of nitrogens with two attached hydrogens (primary N) is 3. The molecule has 0 radical (unpaired) electrons. The molecule has 0 aliphatic heterocycles. The Kier molecular flexibility index (Phi) is 1.73. The van der Waals surface area contributed by atoms with Crippen molar-refractivity contribution in [3.05, 3.63) is 47.5 Å². The van der Waals surface area contributed by atoms with Gasteiger partial charge in [-0.25, -0.2) is 0 Å². The second-order valence-electron chi connectivity index (χ2n) is 4.17. The highest BCUT2D eigenvalue weighted by molar-refractivity contribution is 5.81. The van der Waals surface area contributed by atoms with Crippen LogP contribution in [0.1, 0.15) is 17.2 Å². The van der Waals surface area contributed by atoms with Gasteiger partial charge in [0.15, 0.2) is 0 Å². The van der Waals surface area contributed by atoms with Crippen LogP contribution in [0.15, 0.2) is 36.4 Å². The first-order chi connectivity index (χ1) is 7.66. The van der Waals surface area contributed by atoms with Crippen molar-refractivity contribution in [2.75, 3.05) is 11.5 Å². The molecule has 0 saturated carbocycles. The largest absolute Gasteiger partial charge is 0.399 e. The Morgan fingerprint density at radius 2 is 1.19 bits per heavy atom. The predicted molar refractivity (Wildman–Crippen MR) is 66.7 cm³/mol. The maximum Gasteiger partial charge on any atom is 0.0565 e. The number of fused-ring (bicyclic) bond motifs is 3. The van der Waals surface area contributed by atoms with Gasteiger partial charge in [0.2, 0.25) is 0 Å². The van der Waals surface area contributed by atoms with E-state index in [0.717, 1.165) is 33.6 Å². The maximum atomic E-state index is 6.18. The molecule has 3 rings (SSSR count). The van der Waals surface area contributed by atoms with Gasteiger partial charge in [0.05, 0.1) is 6.04 Å². The van der Waals surface area contributed by atoms with Crippen molar-refractivity contribution in [3.8, 4) is 11.1 Å². The average molecular weight is 211 g/mol. The van der Waals surface area contributed by atoms with Crippen LogP contribution in [0, 0.1) is 0 Å². The SMILES string of the molecule is Nc1ccc2c(c1)C(N)c1cc(N)ccc1-2. The monoisotopic (exact) mass is 211 g/mol. The summed E-state index contributed by atoms with van der Waals surface area (Å²) in [5, 5.41) is 0.